The Balaban J connectivity index is 2.62. The van der Waals surface area contributed by atoms with E-state index in [1.165, 1.54) is 5.56 Å². The van der Waals surface area contributed by atoms with Crippen LogP contribution in [0, 0.1) is 5.92 Å². The Hall–Kier alpha value is -0.830. The number of hydrogen-bond acceptors (Lipinski definition) is 3. The number of benzene rings is 1. The van der Waals surface area contributed by atoms with Gasteiger partial charge in [-0.05, 0) is 29.9 Å². The molecule has 0 aromatic heterocycles. The van der Waals surface area contributed by atoms with Gasteiger partial charge in [-0.3, -0.25) is 0 Å². The molecule has 0 saturated carbocycles. The summed E-state index contributed by atoms with van der Waals surface area (Å²) in [4.78, 5) is 0. The number of thioether (sulfide) groups is 1. The second-order valence-electron chi connectivity index (χ2n) is 3.98. The van der Waals surface area contributed by atoms with Crippen LogP contribution in [0.1, 0.15) is 19.4 Å². The number of hydrogen-bond donors (Lipinski definition) is 1. The van der Waals surface area contributed by atoms with E-state index in [2.05, 4.69) is 13.8 Å². The van der Waals surface area contributed by atoms with E-state index in [4.69, 9.17) is 10.5 Å². The number of anilines is 1. The molecule has 0 aliphatic rings. The molecule has 2 nitrogen and oxygen atoms in total. The van der Waals surface area contributed by atoms with Crippen molar-refractivity contribution in [2.45, 2.75) is 19.6 Å². The number of nitrogen functional groups attached to an aromatic ring is 1. The Morgan fingerprint density at radius 2 is 2.13 bits per heavy atom. The fourth-order valence-corrected chi connectivity index (χ4v) is 2.35. The number of nitrogens with two attached hydrogens (primary N) is 1. The minimum Gasteiger partial charge on any atom is -0.496 e. The Labute approximate surface area is 96.2 Å². The molecule has 0 saturated heterocycles. The van der Waals surface area contributed by atoms with Gasteiger partial charge in [0.05, 0.1) is 7.11 Å². The van der Waals surface area contributed by atoms with Crippen molar-refractivity contribution >= 4 is 17.4 Å². The molecule has 1 rings (SSSR count). The Morgan fingerprint density at radius 1 is 1.40 bits per heavy atom. The SMILES string of the molecule is COc1ccc(N)cc1CSCC(C)C. The molecule has 0 bridgehead atoms. The molecular weight excluding hydrogens is 206 g/mol. The Kier molecular flexibility index (Phi) is 4.82. The predicted octanol–water partition coefficient (Wildman–Crippen LogP) is 3.17. The second-order valence-corrected chi connectivity index (χ2v) is 5.01. The van der Waals surface area contributed by atoms with Crippen LogP contribution in [0.5, 0.6) is 5.75 Å². The van der Waals surface area contributed by atoms with Gasteiger partial charge in [0.1, 0.15) is 5.75 Å². The van der Waals surface area contributed by atoms with Crippen LogP contribution in [0.15, 0.2) is 18.2 Å². The largest absolute Gasteiger partial charge is 0.496 e. The summed E-state index contributed by atoms with van der Waals surface area (Å²) in [7, 11) is 1.70. The third-order valence-corrected chi connectivity index (χ3v) is 3.43. The zero-order valence-electron chi connectivity index (χ0n) is 9.62. The molecule has 0 spiro atoms. The van der Waals surface area contributed by atoms with Gasteiger partial charge in [0.15, 0.2) is 0 Å². The van der Waals surface area contributed by atoms with Crippen molar-refractivity contribution < 1.29 is 4.74 Å². The smallest absolute Gasteiger partial charge is 0.123 e. The number of methoxy groups -OCH3 is 1. The summed E-state index contributed by atoms with van der Waals surface area (Å²) in [5.41, 5.74) is 7.73. The van der Waals surface area contributed by atoms with Gasteiger partial charge in [-0.15, -0.1) is 0 Å². The van der Waals surface area contributed by atoms with E-state index >= 15 is 0 Å². The van der Waals surface area contributed by atoms with Crippen molar-refractivity contribution in [3.05, 3.63) is 23.8 Å². The maximum Gasteiger partial charge on any atom is 0.123 e. The van der Waals surface area contributed by atoms with E-state index in [0.29, 0.717) is 0 Å². The lowest BCUT2D eigenvalue weighted by molar-refractivity contribution is 0.411. The van der Waals surface area contributed by atoms with E-state index in [1.807, 2.05) is 30.0 Å². The normalized spacial score (nSPS) is 10.7. The highest BCUT2D eigenvalue weighted by Crippen LogP contribution is 2.26. The highest BCUT2D eigenvalue weighted by atomic mass is 32.2. The standard InChI is InChI=1S/C12H19NOS/c1-9(2)7-15-8-10-6-11(13)4-5-12(10)14-3/h4-6,9H,7-8,13H2,1-3H3. The summed E-state index contributed by atoms with van der Waals surface area (Å²) >= 11 is 1.92. The molecule has 0 aliphatic heterocycles. The van der Waals surface area contributed by atoms with E-state index in [0.717, 1.165) is 28.9 Å². The maximum absolute atomic E-state index is 5.75. The molecular formula is C12H19NOS. The van der Waals surface area contributed by atoms with Crippen LogP contribution in [-0.4, -0.2) is 12.9 Å². The molecule has 1 aromatic rings. The number of ether oxygens (including phenoxy) is 1. The molecule has 0 radical (unpaired) electrons. The van der Waals surface area contributed by atoms with Gasteiger partial charge in [0, 0.05) is 17.0 Å². The van der Waals surface area contributed by atoms with Crippen LogP contribution < -0.4 is 10.5 Å². The minimum atomic E-state index is 0.724. The Bertz CT molecular complexity index is 312. The van der Waals surface area contributed by atoms with Crippen molar-refractivity contribution in [1.29, 1.82) is 0 Å². The molecule has 0 unspecified atom stereocenters. The molecule has 0 aliphatic carbocycles. The predicted molar refractivity (Wildman–Crippen MR) is 68.4 cm³/mol. The minimum absolute atomic E-state index is 0.724. The third-order valence-electron chi connectivity index (χ3n) is 2.01. The summed E-state index contributed by atoms with van der Waals surface area (Å²) in [5, 5.41) is 0. The molecule has 3 heteroatoms. The van der Waals surface area contributed by atoms with Crippen LogP contribution in [0.3, 0.4) is 0 Å². The zero-order valence-corrected chi connectivity index (χ0v) is 10.4. The molecule has 84 valence electrons. The highest BCUT2D eigenvalue weighted by molar-refractivity contribution is 7.98. The fourth-order valence-electron chi connectivity index (χ4n) is 1.32. The lowest BCUT2D eigenvalue weighted by Gasteiger charge is -2.10. The van der Waals surface area contributed by atoms with Gasteiger partial charge in [0.2, 0.25) is 0 Å². The van der Waals surface area contributed by atoms with Crippen molar-refractivity contribution in [3.8, 4) is 5.75 Å². The molecule has 0 atom stereocenters. The number of rotatable bonds is 5. The quantitative estimate of drug-likeness (QED) is 0.782. The van der Waals surface area contributed by atoms with E-state index in [-0.39, 0.29) is 0 Å². The molecule has 0 fully saturated rings. The summed E-state index contributed by atoms with van der Waals surface area (Å²) < 4.78 is 5.29. The topological polar surface area (TPSA) is 35.2 Å². The lowest BCUT2D eigenvalue weighted by atomic mass is 10.2. The molecule has 1 aromatic carbocycles. The van der Waals surface area contributed by atoms with Crippen LogP contribution in [0.2, 0.25) is 0 Å². The van der Waals surface area contributed by atoms with Crippen molar-refractivity contribution in [3.63, 3.8) is 0 Å². The summed E-state index contributed by atoms with van der Waals surface area (Å²) in [6.45, 7) is 4.45. The van der Waals surface area contributed by atoms with Crippen LogP contribution in [0.25, 0.3) is 0 Å². The third kappa shape index (κ3) is 4.04. The molecule has 0 amide bonds. The summed E-state index contributed by atoms with van der Waals surface area (Å²) in [5.74, 6) is 3.78. The summed E-state index contributed by atoms with van der Waals surface area (Å²) in [6, 6.07) is 5.79. The monoisotopic (exact) mass is 225 g/mol. The van der Waals surface area contributed by atoms with Gasteiger partial charge in [0.25, 0.3) is 0 Å². The van der Waals surface area contributed by atoms with Gasteiger partial charge in [-0.1, -0.05) is 13.8 Å². The highest BCUT2D eigenvalue weighted by Gasteiger charge is 2.04. The van der Waals surface area contributed by atoms with Crippen molar-refractivity contribution in [2.75, 3.05) is 18.6 Å². The lowest BCUT2D eigenvalue weighted by Crippen LogP contribution is -1.96. The molecule has 15 heavy (non-hydrogen) atoms. The van der Waals surface area contributed by atoms with Gasteiger partial charge in [-0.25, -0.2) is 0 Å². The van der Waals surface area contributed by atoms with Crippen LogP contribution >= 0.6 is 11.8 Å². The maximum atomic E-state index is 5.75. The van der Waals surface area contributed by atoms with Crippen LogP contribution in [-0.2, 0) is 5.75 Å². The van der Waals surface area contributed by atoms with E-state index in [9.17, 15) is 0 Å². The zero-order chi connectivity index (χ0) is 11.3. The molecule has 0 heterocycles. The van der Waals surface area contributed by atoms with Crippen molar-refractivity contribution in [1.82, 2.24) is 0 Å². The average Bonchev–Trinajstić information content (AvgIpc) is 2.17. The van der Waals surface area contributed by atoms with E-state index < -0.39 is 0 Å². The molecule has 2 N–H and O–H groups in total. The van der Waals surface area contributed by atoms with Gasteiger partial charge in [-0.2, -0.15) is 11.8 Å². The first kappa shape index (κ1) is 12.2. The van der Waals surface area contributed by atoms with E-state index in [1.54, 1.807) is 7.11 Å². The first-order chi connectivity index (χ1) is 7.13. The average molecular weight is 225 g/mol. The van der Waals surface area contributed by atoms with Gasteiger partial charge < -0.3 is 10.5 Å². The first-order valence-corrected chi connectivity index (χ1v) is 6.29. The Morgan fingerprint density at radius 3 is 2.73 bits per heavy atom. The first-order valence-electron chi connectivity index (χ1n) is 5.13. The summed E-state index contributed by atoms with van der Waals surface area (Å²) in [6.07, 6.45) is 0. The van der Waals surface area contributed by atoms with Gasteiger partial charge >= 0.3 is 0 Å². The second kappa shape index (κ2) is 5.91. The van der Waals surface area contributed by atoms with Crippen LogP contribution in [0.4, 0.5) is 5.69 Å². The van der Waals surface area contributed by atoms with Crippen molar-refractivity contribution in [2.24, 2.45) is 5.92 Å². The fraction of sp³-hybridized carbons (Fsp3) is 0.500.